The Morgan fingerprint density at radius 2 is 2.29 bits per heavy atom. The zero-order chi connectivity index (χ0) is 10.6. The molecular formula is C11H10FNO. The summed E-state index contributed by atoms with van der Waals surface area (Å²) in [4.78, 5) is 10.4. The van der Waals surface area contributed by atoms with Crippen LogP contribution in [0.5, 0.6) is 0 Å². The maximum atomic E-state index is 13.3. The fraction of sp³-hybridized carbons (Fsp3) is 0.182. The monoisotopic (exact) mass is 191 g/mol. The van der Waals surface area contributed by atoms with Crippen molar-refractivity contribution in [2.24, 2.45) is 5.73 Å². The SMILES string of the molecule is Cc1cccc(C#CCC(N)=O)c1F. The molecule has 0 saturated heterocycles. The predicted molar refractivity (Wildman–Crippen MR) is 51.8 cm³/mol. The van der Waals surface area contributed by atoms with E-state index in [0.29, 0.717) is 11.1 Å². The highest BCUT2D eigenvalue weighted by atomic mass is 19.1. The molecule has 0 aliphatic heterocycles. The molecule has 0 bridgehead atoms. The lowest BCUT2D eigenvalue weighted by Gasteiger charge is -1.96. The molecule has 3 heteroatoms. The second kappa shape index (κ2) is 4.43. The summed E-state index contributed by atoms with van der Waals surface area (Å²) < 4.78 is 13.3. The van der Waals surface area contributed by atoms with Crippen molar-refractivity contribution >= 4 is 5.91 Å². The van der Waals surface area contributed by atoms with E-state index in [4.69, 9.17) is 5.73 Å². The van der Waals surface area contributed by atoms with Gasteiger partial charge in [0.05, 0.1) is 12.0 Å². The fourth-order valence-corrected chi connectivity index (χ4v) is 0.970. The Morgan fingerprint density at radius 3 is 2.93 bits per heavy atom. The highest BCUT2D eigenvalue weighted by Gasteiger charge is 2.00. The molecule has 0 unspecified atom stereocenters. The number of carbonyl (C=O) groups excluding carboxylic acids is 1. The maximum absolute atomic E-state index is 13.3. The lowest BCUT2D eigenvalue weighted by atomic mass is 10.1. The van der Waals surface area contributed by atoms with E-state index in [0.717, 1.165) is 0 Å². The number of carbonyl (C=O) groups is 1. The third kappa shape index (κ3) is 2.60. The number of halogens is 1. The van der Waals surface area contributed by atoms with Gasteiger partial charge in [-0.05, 0) is 18.6 Å². The second-order valence-electron chi connectivity index (χ2n) is 2.88. The molecule has 1 aromatic rings. The van der Waals surface area contributed by atoms with Crippen LogP contribution in [-0.4, -0.2) is 5.91 Å². The smallest absolute Gasteiger partial charge is 0.229 e. The molecule has 1 aromatic carbocycles. The molecule has 0 aromatic heterocycles. The van der Waals surface area contributed by atoms with E-state index in [1.165, 1.54) is 0 Å². The highest BCUT2D eigenvalue weighted by Crippen LogP contribution is 2.10. The average Bonchev–Trinajstić information content (AvgIpc) is 2.12. The molecule has 0 heterocycles. The van der Waals surface area contributed by atoms with Crippen LogP contribution >= 0.6 is 0 Å². The van der Waals surface area contributed by atoms with E-state index in [1.807, 2.05) is 0 Å². The van der Waals surface area contributed by atoms with Crippen LogP contribution in [0.2, 0.25) is 0 Å². The predicted octanol–water partition coefficient (Wildman–Crippen LogP) is 1.36. The van der Waals surface area contributed by atoms with E-state index in [2.05, 4.69) is 11.8 Å². The summed E-state index contributed by atoms with van der Waals surface area (Å²) in [6, 6.07) is 4.94. The van der Waals surface area contributed by atoms with Gasteiger partial charge in [0.1, 0.15) is 5.82 Å². The van der Waals surface area contributed by atoms with Crippen LogP contribution in [-0.2, 0) is 4.79 Å². The molecule has 0 spiro atoms. The summed E-state index contributed by atoms with van der Waals surface area (Å²) in [5.41, 5.74) is 5.72. The highest BCUT2D eigenvalue weighted by molar-refractivity contribution is 5.76. The molecule has 2 N–H and O–H groups in total. The molecule has 1 rings (SSSR count). The Balaban J connectivity index is 2.90. The molecule has 0 atom stereocenters. The van der Waals surface area contributed by atoms with E-state index in [-0.39, 0.29) is 12.2 Å². The molecule has 0 saturated carbocycles. The Morgan fingerprint density at radius 1 is 1.57 bits per heavy atom. The first-order valence-electron chi connectivity index (χ1n) is 4.13. The number of nitrogens with two attached hydrogens (primary N) is 1. The van der Waals surface area contributed by atoms with Gasteiger partial charge in [-0.3, -0.25) is 4.79 Å². The first-order valence-corrected chi connectivity index (χ1v) is 4.13. The van der Waals surface area contributed by atoms with Gasteiger partial charge in [-0.2, -0.15) is 0 Å². The summed E-state index contributed by atoms with van der Waals surface area (Å²) in [7, 11) is 0. The number of rotatable bonds is 1. The number of benzene rings is 1. The van der Waals surface area contributed by atoms with Gasteiger partial charge in [-0.25, -0.2) is 4.39 Å². The van der Waals surface area contributed by atoms with Crippen molar-refractivity contribution in [3.63, 3.8) is 0 Å². The second-order valence-corrected chi connectivity index (χ2v) is 2.88. The Hall–Kier alpha value is -1.82. The molecule has 0 aliphatic carbocycles. The van der Waals surface area contributed by atoms with Crippen molar-refractivity contribution in [3.8, 4) is 11.8 Å². The zero-order valence-electron chi connectivity index (χ0n) is 7.80. The molecule has 1 amide bonds. The van der Waals surface area contributed by atoms with Crippen molar-refractivity contribution in [3.05, 3.63) is 35.1 Å². The Labute approximate surface area is 81.9 Å². The number of primary amides is 1. The van der Waals surface area contributed by atoms with Crippen LogP contribution in [0.3, 0.4) is 0 Å². The number of aryl methyl sites for hydroxylation is 1. The first-order chi connectivity index (χ1) is 6.61. The van der Waals surface area contributed by atoms with Crippen molar-refractivity contribution in [2.75, 3.05) is 0 Å². The van der Waals surface area contributed by atoms with Gasteiger partial charge < -0.3 is 5.73 Å². The van der Waals surface area contributed by atoms with Crippen molar-refractivity contribution in [2.45, 2.75) is 13.3 Å². The van der Waals surface area contributed by atoms with E-state index >= 15 is 0 Å². The number of hydrogen-bond donors (Lipinski definition) is 1. The van der Waals surface area contributed by atoms with Crippen LogP contribution in [0, 0.1) is 24.6 Å². The van der Waals surface area contributed by atoms with Crippen LogP contribution in [0.4, 0.5) is 4.39 Å². The van der Waals surface area contributed by atoms with Crippen LogP contribution in [0.1, 0.15) is 17.5 Å². The largest absolute Gasteiger partial charge is 0.369 e. The zero-order valence-corrected chi connectivity index (χ0v) is 7.80. The third-order valence-corrected chi connectivity index (χ3v) is 1.68. The lowest BCUT2D eigenvalue weighted by molar-refractivity contribution is -0.117. The maximum Gasteiger partial charge on any atom is 0.229 e. The van der Waals surface area contributed by atoms with Crippen molar-refractivity contribution in [1.29, 1.82) is 0 Å². The van der Waals surface area contributed by atoms with Gasteiger partial charge in [0.15, 0.2) is 0 Å². The van der Waals surface area contributed by atoms with Gasteiger partial charge in [-0.1, -0.05) is 24.0 Å². The Bertz CT molecular complexity index is 415. The van der Waals surface area contributed by atoms with Gasteiger partial charge in [0.2, 0.25) is 5.91 Å². The topological polar surface area (TPSA) is 43.1 Å². The quantitative estimate of drug-likeness (QED) is 0.669. The minimum atomic E-state index is -0.509. The van der Waals surface area contributed by atoms with E-state index in [1.54, 1.807) is 25.1 Å². The fourth-order valence-electron chi connectivity index (χ4n) is 0.970. The molecule has 0 fully saturated rings. The van der Waals surface area contributed by atoms with E-state index in [9.17, 15) is 9.18 Å². The molecular weight excluding hydrogens is 181 g/mol. The third-order valence-electron chi connectivity index (χ3n) is 1.68. The standard InChI is InChI=1S/C11H10FNO/c1-8-4-2-5-9(11(8)12)6-3-7-10(13)14/h2,4-5H,7H2,1H3,(H2,13,14). The molecule has 14 heavy (non-hydrogen) atoms. The van der Waals surface area contributed by atoms with Gasteiger partial charge in [0.25, 0.3) is 0 Å². The summed E-state index contributed by atoms with van der Waals surface area (Å²) >= 11 is 0. The van der Waals surface area contributed by atoms with E-state index < -0.39 is 5.91 Å². The minimum Gasteiger partial charge on any atom is -0.369 e. The first kappa shape index (κ1) is 10.3. The van der Waals surface area contributed by atoms with Crippen LogP contribution in [0.15, 0.2) is 18.2 Å². The normalized spacial score (nSPS) is 9.00. The van der Waals surface area contributed by atoms with Gasteiger partial charge >= 0.3 is 0 Å². The van der Waals surface area contributed by atoms with Crippen molar-refractivity contribution < 1.29 is 9.18 Å². The molecule has 72 valence electrons. The average molecular weight is 191 g/mol. The lowest BCUT2D eigenvalue weighted by Crippen LogP contribution is -2.08. The molecule has 0 radical (unpaired) electrons. The number of hydrogen-bond acceptors (Lipinski definition) is 1. The minimum absolute atomic E-state index is 0.0482. The molecule has 0 aliphatic rings. The summed E-state index contributed by atoms with van der Waals surface area (Å²) in [6.45, 7) is 1.66. The van der Waals surface area contributed by atoms with Crippen LogP contribution < -0.4 is 5.73 Å². The summed E-state index contributed by atoms with van der Waals surface area (Å²) in [5, 5.41) is 0. The summed E-state index contributed by atoms with van der Waals surface area (Å²) in [5.74, 6) is 4.21. The Kier molecular flexibility index (Phi) is 3.24. The van der Waals surface area contributed by atoms with Crippen LogP contribution in [0.25, 0.3) is 0 Å². The molecule has 2 nitrogen and oxygen atoms in total. The summed E-state index contributed by atoms with van der Waals surface area (Å²) in [6.07, 6.45) is -0.0482. The van der Waals surface area contributed by atoms with Gasteiger partial charge in [-0.15, -0.1) is 0 Å². The van der Waals surface area contributed by atoms with Crippen molar-refractivity contribution in [1.82, 2.24) is 0 Å². The number of amides is 1. The van der Waals surface area contributed by atoms with Gasteiger partial charge in [0, 0.05) is 0 Å².